The molecule has 0 aromatic heterocycles. The lowest BCUT2D eigenvalue weighted by Gasteiger charge is -2.19. The molecule has 0 amide bonds. The van der Waals surface area contributed by atoms with Crippen molar-refractivity contribution in [3.63, 3.8) is 0 Å². The lowest BCUT2D eigenvalue weighted by molar-refractivity contribution is 0.258. The van der Waals surface area contributed by atoms with Gasteiger partial charge in [-0.2, -0.15) is 0 Å². The first-order valence-electron chi connectivity index (χ1n) is 5.91. The fourth-order valence-corrected chi connectivity index (χ4v) is 1.79. The minimum Gasteiger partial charge on any atom is -0.507 e. The maximum absolute atomic E-state index is 9.69. The van der Waals surface area contributed by atoms with Crippen LogP contribution in [0.25, 0.3) is 0 Å². The van der Waals surface area contributed by atoms with Crippen molar-refractivity contribution in [1.82, 2.24) is 5.32 Å². The van der Waals surface area contributed by atoms with E-state index in [1.165, 1.54) is 0 Å². The van der Waals surface area contributed by atoms with E-state index in [-0.39, 0.29) is 24.1 Å². The topological polar surface area (TPSA) is 72.7 Å². The Morgan fingerprint density at radius 2 is 1.76 bits per heavy atom. The number of phenols is 2. The van der Waals surface area contributed by atoms with E-state index >= 15 is 0 Å². The molecule has 1 aromatic rings. The van der Waals surface area contributed by atoms with E-state index in [9.17, 15) is 10.2 Å². The Balaban J connectivity index is 2.61. The number of phenolic OH excluding ortho intramolecular Hbond substituents is 2. The van der Waals surface area contributed by atoms with E-state index in [1.807, 2.05) is 13.8 Å². The maximum Gasteiger partial charge on any atom is 0.124 e. The van der Waals surface area contributed by atoms with E-state index < -0.39 is 0 Å². The average Bonchev–Trinajstić information content (AvgIpc) is 2.26. The van der Waals surface area contributed by atoms with Crippen LogP contribution in [-0.4, -0.2) is 28.5 Å². The van der Waals surface area contributed by atoms with Crippen LogP contribution >= 0.6 is 0 Å². The summed E-state index contributed by atoms with van der Waals surface area (Å²) >= 11 is 0. The number of rotatable bonds is 6. The highest BCUT2D eigenvalue weighted by Gasteiger charge is 2.15. The molecule has 4 nitrogen and oxygen atoms in total. The van der Waals surface area contributed by atoms with Crippen LogP contribution in [0.15, 0.2) is 18.2 Å². The van der Waals surface area contributed by atoms with Gasteiger partial charge in [-0.05, 0) is 37.9 Å². The summed E-state index contributed by atoms with van der Waals surface area (Å²) in [6.45, 7) is 4.84. The molecule has 4 heteroatoms. The zero-order chi connectivity index (χ0) is 12.8. The van der Waals surface area contributed by atoms with Crippen LogP contribution in [0.4, 0.5) is 0 Å². The van der Waals surface area contributed by atoms with Gasteiger partial charge in [-0.15, -0.1) is 0 Å². The number of aliphatic hydroxyl groups is 1. The molecule has 0 saturated heterocycles. The first-order chi connectivity index (χ1) is 8.06. The molecular weight excluding hydrogens is 218 g/mol. The second kappa shape index (κ2) is 6.47. The minimum absolute atomic E-state index is 0.0970. The van der Waals surface area contributed by atoms with Crippen molar-refractivity contribution in [2.24, 2.45) is 5.92 Å². The van der Waals surface area contributed by atoms with Crippen molar-refractivity contribution in [3.05, 3.63) is 23.8 Å². The molecule has 2 unspecified atom stereocenters. The molecule has 0 radical (unpaired) electrons. The minimum atomic E-state index is -0.127. The highest BCUT2D eigenvalue weighted by molar-refractivity contribution is 5.44. The van der Waals surface area contributed by atoms with E-state index in [0.717, 1.165) is 13.0 Å². The summed E-state index contributed by atoms with van der Waals surface area (Å²) < 4.78 is 0. The monoisotopic (exact) mass is 239 g/mol. The van der Waals surface area contributed by atoms with E-state index in [1.54, 1.807) is 18.2 Å². The molecule has 0 heterocycles. The van der Waals surface area contributed by atoms with Gasteiger partial charge in [-0.1, -0.05) is 13.0 Å². The summed E-state index contributed by atoms with van der Waals surface area (Å²) in [5, 5.41) is 31.4. The fourth-order valence-electron chi connectivity index (χ4n) is 1.79. The SMILES string of the molecule is CC(CCO)CNC(C)c1c(O)cccc1O. The first-order valence-corrected chi connectivity index (χ1v) is 5.91. The molecule has 0 fully saturated rings. The molecule has 0 saturated carbocycles. The van der Waals surface area contributed by atoms with Crippen molar-refractivity contribution in [2.45, 2.75) is 26.3 Å². The summed E-state index contributed by atoms with van der Waals surface area (Å²) in [5.41, 5.74) is 0.517. The molecule has 1 aromatic carbocycles. The van der Waals surface area contributed by atoms with Crippen LogP contribution in [0.2, 0.25) is 0 Å². The first kappa shape index (κ1) is 13.8. The van der Waals surface area contributed by atoms with Gasteiger partial charge in [-0.25, -0.2) is 0 Å². The highest BCUT2D eigenvalue weighted by Crippen LogP contribution is 2.32. The third-order valence-electron chi connectivity index (χ3n) is 2.89. The largest absolute Gasteiger partial charge is 0.507 e. The zero-order valence-electron chi connectivity index (χ0n) is 10.3. The summed E-state index contributed by atoms with van der Waals surface area (Å²) in [6.07, 6.45) is 0.743. The Bertz CT molecular complexity index is 334. The molecule has 0 aliphatic rings. The number of aromatic hydroxyl groups is 2. The molecule has 1 rings (SSSR count). The Morgan fingerprint density at radius 1 is 1.18 bits per heavy atom. The van der Waals surface area contributed by atoms with Crippen molar-refractivity contribution >= 4 is 0 Å². The lowest BCUT2D eigenvalue weighted by atomic mass is 10.0. The Hall–Kier alpha value is -1.26. The van der Waals surface area contributed by atoms with Crippen molar-refractivity contribution in [1.29, 1.82) is 0 Å². The van der Waals surface area contributed by atoms with Crippen LogP contribution in [-0.2, 0) is 0 Å². The van der Waals surface area contributed by atoms with Gasteiger partial charge in [0.25, 0.3) is 0 Å². The summed E-state index contributed by atoms with van der Waals surface area (Å²) in [7, 11) is 0. The maximum atomic E-state index is 9.69. The molecule has 0 spiro atoms. The highest BCUT2D eigenvalue weighted by atomic mass is 16.3. The van der Waals surface area contributed by atoms with E-state index in [2.05, 4.69) is 5.32 Å². The number of hydrogen-bond donors (Lipinski definition) is 4. The van der Waals surface area contributed by atoms with Gasteiger partial charge in [0.15, 0.2) is 0 Å². The third kappa shape index (κ3) is 3.91. The number of benzene rings is 1. The number of nitrogens with one attached hydrogen (secondary N) is 1. The van der Waals surface area contributed by atoms with Crippen LogP contribution < -0.4 is 5.32 Å². The molecule has 17 heavy (non-hydrogen) atoms. The van der Waals surface area contributed by atoms with Crippen LogP contribution in [0.1, 0.15) is 31.9 Å². The van der Waals surface area contributed by atoms with E-state index in [4.69, 9.17) is 5.11 Å². The van der Waals surface area contributed by atoms with Gasteiger partial charge >= 0.3 is 0 Å². The Labute approximate surface area is 102 Å². The van der Waals surface area contributed by atoms with Gasteiger partial charge in [0.05, 0.1) is 5.56 Å². The lowest BCUT2D eigenvalue weighted by Crippen LogP contribution is -2.25. The predicted molar refractivity (Wildman–Crippen MR) is 67.1 cm³/mol. The second-order valence-corrected chi connectivity index (χ2v) is 4.46. The summed E-state index contributed by atoms with van der Waals surface area (Å²) in [4.78, 5) is 0. The Kier molecular flexibility index (Phi) is 5.25. The Morgan fingerprint density at radius 3 is 2.29 bits per heavy atom. The van der Waals surface area contributed by atoms with Crippen molar-refractivity contribution < 1.29 is 15.3 Å². The quantitative estimate of drug-likeness (QED) is 0.610. The summed E-state index contributed by atoms with van der Waals surface area (Å²) in [6, 6.07) is 4.60. The third-order valence-corrected chi connectivity index (χ3v) is 2.89. The molecule has 0 bridgehead atoms. The summed E-state index contributed by atoms with van der Waals surface area (Å²) in [5.74, 6) is 0.551. The van der Waals surface area contributed by atoms with Crippen LogP contribution in [0.3, 0.4) is 0 Å². The normalized spacial score (nSPS) is 14.5. The van der Waals surface area contributed by atoms with Crippen LogP contribution in [0, 0.1) is 5.92 Å². The van der Waals surface area contributed by atoms with Crippen LogP contribution in [0.5, 0.6) is 11.5 Å². The fraction of sp³-hybridized carbons (Fsp3) is 0.538. The van der Waals surface area contributed by atoms with Gasteiger partial charge in [-0.3, -0.25) is 0 Å². The molecule has 0 aliphatic heterocycles. The molecular formula is C13H21NO3. The average molecular weight is 239 g/mol. The van der Waals surface area contributed by atoms with E-state index in [0.29, 0.717) is 11.5 Å². The van der Waals surface area contributed by atoms with Gasteiger partial charge < -0.3 is 20.6 Å². The second-order valence-electron chi connectivity index (χ2n) is 4.46. The predicted octanol–water partition coefficient (Wildman–Crippen LogP) is 1.77. The smallest absolute Gasteiger partial charge is 0.124 e. The van der Waals surface area contributed by atoms with Gasteiger partial charge in [0.2, 0.25) is 0 Å². The molecule has 96 valence electrons. The molecule has 0 aliphatic carbocycles. The van der Waals surface area contributed by atoms with Crippen molar-refractivity contribution in [3.8, 4) is 11.5 Å². The zero-order valence-corrected chi connectivity index (χ0v) is 10.3. The number of hydrogen-bond acceptors (Lipinski definition) is 4. The standard InChI is InChI=1S/C13H21NO3/c1-9(6-7-15)8-14-10(2)13-11(16)4-3-5-12(13)17/h3-5,9-10,14-17H,6-8H2,1-2H3. The van der Waals surface area contributed by atoms with Gasteiger partial charge in [0.1, 0.15) is 11.5 Å². The molecule has 2 atom stereocenters. The van der Waals surface area contributed by atoms with Gasteiger partial charge in [0, 0.05) is 12.6 Å². The number of aliphatic hydroxyl groups excluding tert-OH is 1. The van der Waals surface area contributed by atoms with Crippen molar-refractivity contribution in [2.75, 3.05) is 13.2 Å². The molecule has 4 N–H and O–H groups in total.